The fourth-order valence-corrected chi connectivity index (χ4v) is 2.95. The monoisotopic (exact) mass is 387 g/mol. The molecule has 2 N–H and O–H groups in total. The molecule has 3 aromatic rings. The first kappa shape index (κ1) is 20.1. The number of nitrogens with zero attached hydrogens (tertiary/aromatic N) is 2. The maximum absolute atomic E-state index is 11.1. The van der Waals surface area contributed by atoms with E-state index < -0.39 is 5.91 Å². The van der Waals surface area contributed by atoms with Crippen LogP contribution in [0.1, 0.15) is 24.8 Å². The molecule has 146 valence electrons. The van der Waals surface area contributed by atoms with Crippen LogP contribution < -0.4 is 10.2 Å². The van der Waals surface area contributed by atoms with Crippen molar-refractivity contribution < 1.29 is 14.7 Å². The first-order valence-electron chi connectivity index (χ1n) is 9.34. The molecule has 0 unspecified atom stereocenters. The molecule has 6 nitrogen and oxygen atoms in total. The molecule has 2 aromatic carbocycles. The Morgan fingerprint density at radius 1 is 1.03 bits per heavy atom. The minimum absolute atomic E-state index is 0.206. The molecule has 0 aliphatic carbocycles. The van der Waals surface area contributed by atoms with Gasteiger partial charge in [0.2, 0.25) is 11.8 Å². The molecular formula is C23H21N3O3. The van der Waals surface area contributed by atoms with Crippen molar-refractivity contribution in [2.75, 3.05) is 6.61 Å². The van der Waals surface area contributed by atoms with Gasteiger partial charge in [0.15, 0.2) is 0 Å². The van der Waals surface area contributed by atoms with Crippen molar-refractivity contribution in [3.8, 4) is 34.3 Å². The van der Waals surface area contributed by atoms with Crippen LogP contribution in [-0.4, -0.2) is 22.7 Å². The summed E-state index contributed by atoms with van der Waals surface area (Å²) in [4.78, 5) is 15.7. The molecule has 6 heteroatoms. The first-order chi connectivity index (χ1) is 14.2. The zero-order valence-electron chi connectivity index (χ0n) is 15.8. The lowest BCUT2D eigenvalue weighted by Gasteiger charge is -2.13. The quantitative estimate of drug-likeness (QED) is 0.340. The topological polar surface area (TPSA) is 95.2 Å². The van der Waals surface area contributed by atoms with E-state index in [2.05, 4.69) is 11.1 Å². The van der Waals surface area contributed by atoms with Gasteiger partial charge in [-0.2, -0.15) is 5.26 Å². The van der Waals surface area contributed by atoms with Gasteiger partial charge in [0.25, 0.3) is 0 Å². The summed E-state index contributed by atoms with van der Waals surface area (Å²) in [5, 5.41) is 18.3. The van der Waals surface area contributed by atoms with E-state index >= 15 is 0 Å². The van der Waals surface area contributed by atoms with Crippen LogP contribution in [0.5, 0.6) is 5.88 Å². The van der Waals surface area contributed by atoms with Crippen LogP contribution in [0, 0.1) is 11.3 Å². The number of pyridine rings is 1. The third-order valence-corrected chi connectivity index (χ3v) is 4.41. The van der Waals surface area contributed by atoms with Crippen molar-refractivity contribution in [3.63, 3.8) is 0 Å². The third-order valence-electron chi connectivity index (χ3n) is 4.41. The van der Waals surface area contributed by atoms with Crippen molar-refractivity contribution in [1.29, 1.82) is 5.26 Å². The van der Waals surface area contributed by atoms with Crippen LogP contribution in [0.3, 0.4) is 0 Å². The highest BCUT2D eigenvalue weighted by atomic mass is 16.5. The highest BCUT2D eigenvalue weighted by Gasteiger charge is 2.16. The van der Waals surface area contributed by atoms with Crippen LogP contribution in [0.2, 0.25) is 0 Å². The van der Waals surface area contributed by atoms with E-state index in [1.807, 2.05) is 66.7 Å². The second kappa shape index (κ2) is 10.0. The summed E-state index contributed by atoms with van der Waals surface area (Å²) in [6, 6.07) is 23.5. The van der Waals surface area contributed by atoms with Crippen LogP contribution in [0.15, 0.2) is 66.7 Å². The molecule has 0 atom stereocenters. The van der Waals surface area contributed by atoms with Crippen molar-refractivity contribution in [2.45, 2.75) is 19.3 Å². The molecule has 1 heterocycles. The number of carbonyl (C=O) groups is 1. The average molecular weight is 387 g/mol. The van der Waals surface area contributed by atoms with Gasteiger partial charge in [0.1, 0.15) is 11.6 Å². The Labute approximate surface area is 169 Å². The number of nitriles is 1. The normalized spacial score (nSPS) is 10.2. The minimum Gasteiger partial charge on any atom is -0.477 e. The number of nitrogens with one attached hydrogen (secondary N) is 1. The van der Waals surface area contributed by atoms with Gasteiger partial charge < -0.3 is 4.74 Å². The molecule has 1 aromatic heterocycles. The number of amides is 1. The molecular weight excluding hydrogens is 366 g/mol. The van der Waals surface area contributed by atoms with Gasteiger partial charge in [0.05, 0.1) is 12.3 Å². The van der Waals surface area contributed by atoms with E-state index in [9.17, 15) is 10.1 Å². The Balaban J connectivity index is 1.91. The number of hydrogen-bond acceptors (Lipinski definition) is 5. The van der Waals surface area contributed by atoms with Crippen LogP contribution >= 0.6 is 0 Å². The number of hydroxylamine groups is 1. The van der Waals surface area contributed by atoms with E-state index in [1.54, 1.807) is 5.48 Å². The highest BCUT2D eigenvalue weighted by Crippen LogP contribution is 2.33. The Morgan fingerprint density at radius 2 is 1.69 bits per heavy atom. The van der Waals surface area contributed by atoms with Gasteiger partial charge in [-0.15, -0.1) is 0 Å². The lowest BCUT2D eigenvalue weighted by Crippen LogP contribution is -2.18. The minimum atomic E-state index is -0.432. The second-order valence-corrected chi connectivity index (χ2v) is 6.42. The summed E-state index contributed by atoms with van der Waals surface area (Å²) in [5.41, 5.74) is 5.31. The molecule has 0 radical (unpaired) electrons. The lowest BCUT2D eigenvalue weighted by molar-refractivity contribution is -0.129. The fourth-order valence-electron chi connectivity index (χ4n) is 2.95. The Hall–Kier alpha value is -3.69. The number of rotatable bonds is 8. The van der Waals surface area contributed by atoms with E-state index in [-0.39, 0.29) is 12.3 Å². The van der Waals surface area contributed by atoms with Crippen molar-refractivity contribution in [2.24, 2.45) is 0 Å². The van der Waals surface area contributed by atoms with Crippen LogP contribution in [0.25, 0.3) is 22.4 Å². The fraction of sp³-hybridized carbons (Fsp3) is 0.174. The van der Waals surface area contributed by atoms with E-state index in [4.69, 9.17) is 9.94 Å². The van der Waals surface area contributed by atoms with Crippen LogP contribution in [0.4, 0.5) is 0 Å². The standard InChI is InChI=1S/C23H21N3O3/c24-16-20-19(17-9-3-1-4-10-17)15-21(18-11-5-2-6-12-18)25-23(20)29-14-8-7-13-22(27)26-28/h1-6,9-12,15,28H,7-8,13-14H2,(H,26,27). The van der Waals surface area contributed by atoms with Gasteiger partial charge in [-0.05, 0) is 24.5 Å². The molecule has 29 heavy (non-hydrogen) atoms. The third kappa shape index (κ3) is 5.18. The summed E-state index contributed by atoms with van der Waals surface area (Å²) in [5.74, 6) is -0.155. The summed E-state index contributed by atoms with van der Waals surface area (Å²) >= 11 is 0. The molecule has 3 rings (SSSR count). The number of benzene rings is 2. The Morgan fingerprint density at radius 3 is 2.31 bits per heavy atom. The van der Waals surface area contributed by atoms with Crippen molar-refractivity contribution in [3.05, 3.63) is 72.3 Å². The van der Waals surface area contributed by atoms with E-state index in [0.717, 1.165) is 22.4 Å². The average Bonchev–Trinajstić information content (AvgIpc) is 2.79. The molecule has 0 aliphatic rings. The molecule has 0 fully saturated rings. The first-order valence-corrected chi connectivity index (χ1v) is 9.34. The second-order valence-electron chi connectivity index (χ2n) is 6.42. The smallest absolute Gasteiger partial charge is 0.243 e. The molecule has 0 saturated heterocycles. The number of aromatic nitrogens is 1. The summed E-state index contributed by atoms with van der Waals surface area (Å²) in [7, 11) is 0. The summed E-state index contributed by atoms with van der Waals surface area (Å²) < 4.78 is 5.84. The van der Waals surface area contributed by atoms with Gasteiger partial charge >= 0.3 is 0 Å². The van der Waals surface area contributed by atoms with Crippen molar-refractivity contribution >= 4 is 5.91 Å². The SMILES string of the molecule is N#Cc1c(-c2ccccc2)cc(-c2ccccc2)nc1OCCCCC(=O)NO. The summed E-state index contributed by atoms with van der Waals surface area (Å²) in [6.07, 6.45) is 1.35. The lowest BCUT2D eigenvalue weighted by atomic mass is 9.99. The van der Waals surface area contributed by atoms with E-state index in [0.29, 0.717) is 25.0 Å². The number of unbranched alkanes of at least 4 members (excludes halogenated alkanes) is 1. The van der Waals surface area contributed by atoms with Gasteiger partial charge in [0, 0.05) is 17.5 Å². The van der Waals surface area contributed by atoms with Gasteiger partial charge in [-0.3, -0.25) is 10.0 Å². The maximum Gasteiger partial charge on any atom is 0.243 e. The Kier molecular flexibility index (Phi) is 6.93. The molecule has 1 amide bonds. The molecule has 0 bridgehead atoms. The van der Waals surface area contributed by atoms with Gasteiger partial charge in [-0.25, -0.2) is 10.5 Å². The van der Waals surface area contributed by atoms with Crippen molar-refractivity contribution in [1.82, 2.24) is 10.5 Å². The number of hydrogen-bond donors (Lipinski definition) is 2. The largest absolute Gasteiger partial charge is 0.477 e. The van der Waals surface area contributed by atoms with Gasteiger partial charge in [-0.1, -0.05) is 60.7 Å². The zero-order valence-corrected chi connectivity index (χ0v) is 15.8. The maximum atomic E-state index is 11.1. The Bertz CT molecular complexity index is 999. The van der Waals surface area contributed by atoms with E-state index in [1.165, 1.54) is 0 Å². The zero-order chi connectivity index (χ0) is 20.5. The van der Waals surface area contributed by atoms with Crippen LogP contribution in [-0.2, 0) is 4.79 Å². The predicted octanol–water partition coefficient (Wildman–Crippen LogP) is 4.34. The number of carbonyl (C=O) groups excluding carboxylic acids is 1. The highest BCUT2D eigenvalue weighted by molar-refractivity contribution is 5.77. The number of ether oxygens (including phenoxy) is 1. The molecule has 0 saturated carbocycles. The predicted molar refractivity (Wildman–Crippen MR) is 109 cm³/mol. The summed E-state index contributed by atoms with van der Waals surface area (Å²) in [6.45, 7) is 0.312. The molecule has 0 aliphatic heterocycles. The molecule has 0 spiro atoms.